The van der Waals surface area contributed by atoms with Crippen molar-refractivity contribution >= 4 is 16.9 Å². The summed E-state index contributed by atoms with van der Waals surface area (Å²) in [6, 6.07) is 0. The summed E-state index contributed by atoms with van der Waals surface area (Å²) < 4.78 is 0. The summed E-state index contributed by atoms with van der Waals surface area (Å²) in [7, 11) is 0. The van der Waals surface area contributed by atoms with Crippen molar-refractivity contribution in [1.82, 2.24) is 0 Å². The van der Waals surface area contributed by atoms with Gasteiger partial charge in [0.1, 0.15) is 0 Å². The molecule has 3 heteroatoms. The van der Waals surface area contributed by atoms with Gasteiger partial charge in [0.05, 0.1) is 0 Å². The summed E-state index contributed by atoms with van der Waals surface area (Å²) in [5.41, 5.74) is 0. The van der Waals surface area contributed by atoms with Gasteiger partial charge in [0, 0.05) is 19.3 Å². The van der Waals surface area contributed by atoms with Crippen LogP contribution in [0.1, 0.15) is 13.8 Å². The molecule has 0 fully saturated rings. The van der Waals surface area contributed by atoms with E-state index in [0.717, 1.165) is 5.75 Å². The fraction of sp³-hybridized carbons (Fsp3) is 0.833. The number of hydrogen-bond donors (Lipinski definition) is 1. The predicted molar refractivity (Wildman–Crippen MR) is 39.4 cm³/mol. The second-order valence-corrected chi connectivity index (χ2v) is 3.29. The van der Waals surface area contributed by atoms with E-state index in [1.54, 1.807) is 0 Å². The maximum absolute atomic E-state index is 10.3. The lowest BCUT2D eigenvalue weighted by Gasteiger charge is -2.02. The molecule has 0 amide bonds. The van der Waals surface area contributed by atoms with Gasteiger partial charge in [0.25, 0.3) is 0 Å². The minimum atomic E-state index is 0.121. The molecule has 0 bridgehead atoms. The molecule has 54 valence electrons. The van der Waals surface area contributed by atoms with Crippen molar-refractivity contribution in [2.75, 3.05) is 12.4 Å². The number of hydrogen-bond acceptors (Lipinski definition) is 3. The predicted octanol–water partition coefficient (Wildman–Crippen LogP) is 0.895. The summed E-state index contributed by atoms with van der Waals surface area (Å²) >= 11 is 1.27. The van der Waals surface area contributed by atoms with Crippen molar-refractivity contribution in [2.45, 2.75) is 13.8 Å². The first-order valence-electron chi connectivity index (χ1n) is 2.91. The van der Waals surface area contributed by atoms with Crippen LogP contribution in [0.25, 0.3) is 0 Å². The second-order valence-electron chi connectivity index (χ2n) is 2.09. The van der Waals surface area contributed by atoms with Gasteiger partial charge in [-0.15, -0.1) is 0 Å². The topological polar surface area (TPSA) is 37.3 Å². The van der Waals surface area contributed by atoms with Crippen LogP contribution in [0.3, 0.4) is 0 Å². The van der Waals surface area contributed by atoms with Crippen LogP contribution in [-0.2, 0) is 4.79 Å². The molecule has 1 atom stereocenters. The summed E-state index contributed by atoms with van der Waals surface area (Å²) in [6.07, 6.45) is 0. The highest BCUT2D eigenvalue weighted by Crippen LogP contribution is 2.07. The Hall–Kier alpha value is -0.0200. The molecule has 0 saturated carbocycles. The molecule has 1 N–H and O–H groups in total. The Bertz CT molecular complexity index is 93.1. The van der Waals surface area contributed by atoms with Gasteiger partial charge in [-0.25, -0.2) is 0 Å². The standard InChI is InChI=1S/C6H12O2S/c1-5(3-7)4-9-6(2)8/h5,7H,3-4H2,1-2H3. The Labute approximate surface area is 59.6 Å². The van der Waals surface area contributed by atoms with E-state index in [1.807, 2.05) is 6.92 Å². The van der Waals surface area contributed by atoms with Gasteiger partial charge in [-0.3, -0.25) is 4.79 Å². The molecular formula is C6H12O2S. The molecule has 0 rings (SSSR count). The minimum Gasteiger partial charge on any atom is -0.396 e. The molecule has 0 aromatic heterocycles. The van der Waals surface area contributed by atoms with E-state index in [9.17, 15) is 4.79 Å². The zero-order valence-corrected chi connectivity index (χ0v) is 6.57. The Balaban J connectivity index is 3.16. The Morgan fingerprint density at radius 3 is 2.67 bits per heavy atom. The third-order valence-electron chi connectivity index (χ3n) is 0.883. The number of carbonyl (C=O) groups excluding carboxylic acids is 1. The van der Waals surface area contributed by atoms with Crippen LogP contribution in [0, 0.1) is 5.92 Å². The smallest absolute Gasteiger partial charge is 0.185 e. The Morgan fingerprint density at radius 1 is 1.78 bits per heavy atom. The average Bonchev–Trinajstić information content (AvgIpc) is 1.83. The van der Waals surface area contributed by atoms with Gasteiger partial charge in [-0.1, -0.05) is 18.7 Å². The van der Waals surface area contributed by atoms with E-state index in [1.165, 1.54) is 18.7 Å². The molecule has 0 aliphatic rings. The lowest BCUT2D eigenvalue weighted by molar-refractivity contribution is -0.109. The van der Waals surface area contributed by atoms with Crippen molar-refractivity contribution in [3.05, 3.63) is 0 Å². The molecule has 0 radical (unpaired) electrons. The SMILES string of the molecule is CC(=O)SCC(C)CO. The molecule has 1 unspecified atom stereocenters. The van der Waals surface area contributed by atoms with Crippen molar-refractivity contribution < 1.29 is 9.90 Å². The molecule has 0 spiro atoms. The van der Waals surface area contributed by atoms with Gasteiger partial charge in [-0.05, 0) is 5.92 Å². The monoisotopic (exact) mass is 148 g/mol. The van der Waals surface area contributed by atoms with Crippen LogP contribution in [0.15, 0.2) is 0 Å². The van der Waals surface area contributed by atoms with E-state index in [-0.39, 0.29) is 17.6 Å². The average molecular weight is 148 g/mol. The largest absolute Gasteiger partial charge is 0.396 e. The lowest BCUT2D eigenvalue weighted by Crippen LogP contribution is -2.04. The Kier molecular flexibility index (Phi) is 4.81. The van der Waals surface area contributed by atoms with Crippen LogP contribution in [0.5, 0.6) is 0 Å². The fourth-order valence-corrected chi connectivity index (χ4v) is 0.937. The van der Waals surface area contributed by atoms with Crippen LogP contribution < -0.4 is 0 Å². The van der Waals surface area contributed by atoms with Crippen molar-refractivity contribution in [2.24, 2.45) is 5.92 Å². The normalized spacial score (nSPS) is 13.2. The minimum absolute atomic E-state index is 0.121. The zero-order valence-electron chi connectivity index (χ0n) is 5.76. The molecule has 0 aliphatic carbocycles. The number of aliphatic hydroxyl groups excluding tert-OH is 1. The number of thioether (sulfide) groups is 1. The maximum atomic E-state index is 10.3. The highest BCUT2D eigenvalue weighted by atomic mass is 32.2. The van der Waals surface area contributed by atoms with Crippen LogP contribution in [-0.4, -0.2) is 22.6 Å². The van der Waals surface area contributed by atoms with E-state index < -0.39 is 0 Å². The van der Waals surface area contributed by atoms with Crippen molar-refractivity contribution in [1.29, 1.82) is 0 Å². The molecule has 0 aliphatic heterocycles. The summed E-state index contributed by atoms with van der Waals surface area (Å²) in [6.45, 7) is 3.62. The van der Waals surface area contributed by atoms with Gasteiger partial charge in [0.2, 0.25) is 0 Å². The molecule has 0 heterocycles. The second kappa shape index (κ2) is 4.82. The molecule has 0 aromatic carbocycles. The van der Waals surface area contributed by atoms with Crippen molar-refractivity contribution in [3.8, 4) is 0 Å². The van der Waals surface area contributed by atoms with Crippen LogP contribution in [0.4, 0.5) is 0 Å². The highest BCUT2D eigenvalue weighted by molar-refractivity contribution is 8.13. The zero-order chi connectivity index (χ0) is 7.28. The first kappa shape index (κ1) is 8.98. The number of rotatable bonds is 3. The first-order valence-corrected chi connectivity index (χ1v) is 3.89. The highest BCUT2D eigenvalue weighted by Gasteiger charge is 2.00. The van der Waals surface area contributed by atoms with E-state index >= 15 is 0 Å². The van der Waals surface area contributed by atoms with Gasteiger partial charge >= 0.3 is 0 Å². The number of carbonyl (C=O) groups is 1. The van der Waals surface area contributed by atoms with E-state index in [0.29, 0.717) is 0 Å². The Morgan fingerprint density at radius 2 is 2.33 bits per heavy atom. The van der Waals surface area contributed by atoms with Gasteiger partial charge in [-0.2, -0.15) is 0 Å². The maximum Gasteiger partial charge on any atom is 0.185 e. The lowest BCUT2D eigenvalue weighted by atomic mass is 10.2. The first-order chi connectivity index (χ1) is 4.16. The molecule has 0 aromatic rings. The summed E-state index contributed by atoms with van der Waals surface area (Å²) in [5, 5.41) is 8.64. The molecule has 9 heavy (non-hydrogen) atoms. The van der Waals surface area contributed by atoms with Crippen LogP contribution >= 0.6 is 11.8 Å². The third-order valence-corrected chi connectivity index (χ3v) is 2.03. The van der Waals surface area contributed by atoms with E-state index in [4.69, 9.17) is 5.11 Å². The van der Waals surface area contributed by atoms with E-state index in [2.05, 4.69) is 0 Å². The fourth-order valence-electron chi connectivity index (χ4n) is 0.312. The summed E-state index contributed by atoms with van der Waals surface area (Å²) in [4.78, 5) is 10.3. The van der Waals surface area contributed by atoms with Gasteiger partial charge < -0.3 is 5.11 Å². The summed E-state index contributed by atoms with van der Waals surface area (Å²) in [5.74, 6) is 0.963. The van der Waals surface area contributed by atoms with Crippen molar-refractivity contribution in [3.63, 3.8) is 0 Å². The molecule has 2 nitrogen and oxygen atoms in total. The third kappa shape index (κ3) is 5.86. The van der Waals surface area contributed by atoms with Gasteiger partial charge in [0.15, 0.2) is 5.12 Å². The molecular weight excluding hydrogens is 136 g/mol. The quantitative estimate of drug-likeness (QED) is 0.646. The molecule has 0 saturated heterocycles. The van der Waals surface area contributed by atoms with Crippen LogP contribution in [0.2, 0.25) is 0 Å². The number of aliphatic hydroxyl groups is 1.